The third-order valence-corrected chi connectivity index (χ3v) is 14.5. The molecule has 0 radical (unpaired) electrons. The summed E-state index contributed by atoms with van der Waals surface area (Å²) in [6, 6.07) is 78.7. The minimum atomic E-state index is -0.490. The zero-order chi connectivity index (χ0) is 45.5. The predicted molar refractivity (Wildman–Crippen MR) is 283 cm³/mol. The Morgan fingerprint density at radius 3 is 1.72 bits per heavy atom. The maximum absolute atomic E-state index is 5.60. The normalized spacial score (nSPS) is 15.2. The molecule has 3 heterocycles. The molecule has 12 aromatic rings. The van der Waals surface area contributed by atoms with Crippen molar-refractivity contribution in [2.24, 2.45) is 0 Å². The number of nitrogens with zero attached hydrogens (tertiary/aromatic N) is 5. The highest BCUT2D eigenvalue weighted by atomic mass is 15.2. The van der Waals surface area contributed by atoms with Gasteiger partial charge in [0, 0.05) is 38.4 Å². The molecule has 324 valence electrons. The molecule has 2 aliphatic carbocycles. The van der Waals surface area contributed by atoms with Gasteiger partial charge in [0.25, 0.3) is 0 Å². The number of rotatable bonds is 7. The number of para-hydroxylation sites is 2. The second-order valence-electron chi connectivity index (χ2n) is 18.2. The highest BCUT2D eigenvalue weighted by Gasteiger charge is 2.47. The molecule has 14 rings (SSSR count). The summed E-state index contributed by atoms with van der Waals surface area (Å²) in [6.45, 7) is 0. The van der Waals surface area contributed by atoms with Crippen LogP contribution in [0.15, 0.2) is 242 Å². The number of aromatic nitrogens is 5. The van der Waals surface area contributed by atoms with Crippen LogP contribution in [0.25, 0.3) is 100 Å². The maximum Gasteiger partial charge on any atom is 0.238 e. The molecule has 3 aromatic heterocycles. The summed E-state index contributed by atoms with van der Waals surface area (Å²) >= 11 is 0. The van der Waals surface area contributed by atoms with Crippen LogP contribution in [0.1, 0.15) is 29.5 Å². The zero-order valence-electron chi connectivity index (χ0n) is 37.7. The van der Waals surface area contributed by atoms with Crippen molar-refractivity contribution < 1.29 is 0 Å². The minimum Gasteiger partial charge on any atom is -0.307 e. The van der Waals surface area contributed by atoms with E-state index in [4.69, 9.17) is 15.0 Å². The monoisotopic (exact) mass is 881 g/mol. The largest absolute Gasteiger partial charge is 0.307 e. The molecule has 69 heavy (non-hydrogen) atoms. The molecular formula is C64H43N5. The zero-order valence-corrected chi connectivity index (χ0v) is 37.7. The van der Waals surface area contributed by atoms with E-state index in [-0.39, 0.29) is 0 Å². The first-order valence-corrected chi connectivity index (χ1v) is 23.8. The lowest BCUT2D eigenvalue weighted by atomic mass is 9.65. The Hall–Kier alpha value is -8.93. The topological polar surface area (TPSA) is 48.5 Å². The van der Waals surface area contributed by atoms with Crippen molar-refractivity contribution in [3.05, 3.63) is 259 Å². The first-order chi connectivity index (χ1) is 34.2. The molecule has 5 nitrogen and oxygen atoms in total. The average Bonchev–Trinajstić information content (AvgIpc) is 4.06. The van der Waals surface area contributed by atoms with E-state index < -0.39 is 5.41 Å². The van der Waals surface area contributed by atoms with Crippen molar-refractivity contribution in [1.29, 1.82) is 0 Å². The molecule has 0 spiro atoms. The van der Waals surface area contributed by atoms with E-state index >= 15 is 0 Å². The number of hydrogen-bond acceptors (Lipinski definition) is 3. The molecule has 0 saturated heterocycles. The number of allylic oxidation sites excluding steroid dienone is 4. The smallest absolute Gasteiger partial charge is 0.238 e. The average molecular weight is 882 g/mol. The van der Waals surface area contributed by atoms with Gasteiger partial charge in [-0.2, -0.15) is 9.97 Å². The van der Waals surface area contributed by atoms with Crippen LogP contribution >= 0.6 is 0 Å². The van der Waals surface area contributed by atoms with Gasteiger partial charge in [0.15, 0.2) is 11.6 Å². The number of benzene rings is 9. The summed E-state index contributed by atoms with van der Waals surface area (Å²) in [5, 5.41) is 4.60. The van der Waals surface area contributed by atoms with E-state index in [0.29, 0.717) is 17.6 Å². The summed E-state index contributed by atoms with van der Waals surface area (Å²) in [7, 11) is 0. The standard InChI is InChI=1S/C64H43N5/c1-5-20-42(21-6-1)44-24-19-29-48(40-44)68-57-34-17-14-31-51(57)53-38-39-54-52-32-15-18-35-58(52)69(60(54)59(53)68)63-66-61(43-22-7-2-8-23-43)65-62(67-63)45-36-37-50-49-30-13-16-33-55(49)64(56(50)41-45,46-25-9-3-10-26-46)47-27-11-4-12-28-47/h1-11,13-27,29-41H,12,28H2. The Kier molecular flexibility index (Phi) is 8.86. The van der Waals surface area contributed by atoms with E-state index in [2.05, 4.69) is 240 Å². The van der Waals surface area contributed by atoms with Crippen molar-refractivity contribution in [3.8, 4) is 56.7 Å². The highest BCUT2D eigenvalue weighted by molar-refractivity contribution is 6.23. The summed E-state index contributed by atoms with van der Waals surface area (Å²) in [4.78, 5) is 16.4. The first-order valence-electron chi connectivity index (χ1n) is 23.8. The van der Waals surface area contributed by atoms with Gasteiger partial charge < -0.3 is 4.57 Å². The fraction of sp³-hybridized carbons (Fsp3) is 0.0469. The first kappa shape index (κ1) is 39.3. The van der Waals surface area contributed by atoms with Crippen LogP contribution < -0.4 is 0 Å². The van der Waals surface area contributed by atoms with E-state index in [0.717, 1.165) is 73.4 Å². The van der Waals surface area contributed by atoms with Gasteiger partial charge in [0.05, 0.1) is 27.5 Å². The Bertz CT molecular complexity index is 4070. The molecule has 0 N–H and O–H groups in total. The van der Waals surface area contributed by atoms with Gasteiger partial charge in [-0.25, -0.2) is 4.98 Å². The Morgan fingerprint density at radius 1 is 0.406 bits per heavy atom. The van der Waals surface area contributed by atoms with Crippen molar-refractivity contribution in [2.45, 2.75) is 18.3 Å². The van der Waals surface area contributed by atoms with Gasteiger partial charge in [-0.1, -0.05) is 212 Å². The number of hydrogen-bond donors (Lipinski definition) is 0. The van der Waals surface area contributed by atoms with Crippen molar-refractivity contribution in [3.63, 3.8) is 0 Å². The van der Waals surface area contributed by atoms with Crippen LogP contribution in [0.2, 0.25) is 0 Å². The van der Waals surface area contributed by atoms with E-state index in [9.17, 15) is 0 Å². The molecule has 0 saturated carbocycles. The summed E-state index contributed by atoms with van der Waals surface area (Å²) < 4.78 is 4.73. The third kappa shape index (κ3) is 5.93. The molecule has 1 atom stereocenters. The third-order valence-electron chi connectivity index (χ3n) is 14.5. The van der Waals surface area contributed by atoms with Gasteiger partial charge in [-0.15, -0.1) is 0 Å². The Balaban J connectivity index is 1.06. The fourth-order valence-corrected chi connectivity index (χ4v) is 11.6. The molecule has 0 amide bonds. The lowest BCUT2D eigenvalue weighted by Crippen LogP contribution is -2.30. The van der Waals surface area contributed by atoms with Gasteiger partial charge in [0.1, 0.15) is 0 Å². The summed E-state index contributed by atoms with van der Waals surface area (Å²) in [6.07, 6.45) is 8.83. The quantitative estimate of drug-likeness (QED) is 0.160. The van der Waals surface area contributed by atoms with Crippen LogP contribution in [0.4, 0.5) is 0 Å². The molecule has 1 unspecified atom stereocenters. The fourth-order valence-electron chi connectivity index (χ4n) is 11.6. The molecule has 5 heteroatoms. The van der Waals surface area contributed by atoms with Crippen LogP contribution in [-0.4, -0.2) is 24.1 Å². The molecule has 9 aromatic carbocycles. The van der Waals surface area contributed by atoms with E-state index in [1.165, 1.54) is 44.3 Å². The number of fused-ring (bicyclic) bond motifs is 10. The molecule has 0 aliphatic heterocycles. The lowest BCUT2D eigenvalue weighted by molar-refractivity contribution is 0.693. The molecular weight excluding hydrogens is 839 g/mol. The maximum atomic E-state index is 5.60. The van der Waals surface area contributed by atoms with Crippen LogP contribution in [0.3, 0.4) is 0 Å². The van der Waals surface area contributed by atoms with Gasteiger partial charge in [0.2, 0.25) is 5.95 Å². The second kappa shape index (κ2) is 15.6. The lowest BCUT2D eigenvalue weighted by Gasteiger charge is -2.36. The van der Waals surface area contributed by atoms with Gasteiger partial charge >= 0.3 is 0 Å². The van der Waals surface area contributed by atoms with Crippen molar-refractivity contribution >= 4 is 43.6 Å². The minimum absolute atomic E-state index is 0.490. The Morgan fingerprint density at radius 2 is 1.00 bits per heavy atom. The van der Waals surface area contributed by atoms with Crippen molar-refractivity contribution in [2.75, 3.05) is 0 Å². The van der Waals surface area contributed by atoms with Crippen LogP contribution in [0.5, 0.6) is 0 Å². The van der Waals surface area contributed by atoms with Crippen LogP contribution in [-0.2, 0) is 5.41 Å². The van der Waals surface area contributed by atoms with Crippen molar-refractivity contribution in [1.82, 2.24) is 24.1 Å². The summed E-state index contributed by atoms with van der Waals surface area (Å²) in [5.74, 6) is 1.79. The second-order valence-corrected chi connectivity index (χ2v) is 18.2. The van der Waals surface area contributed by atoms with E-state index in [1.807, 2.05) is 6.07 Å². The van der Waals surface area contributed by atoms with E-state index in [1.54, 1.807) is 0 Å². The predicted octanol–water partition coefficient (Wildman–Crippen LogP) is 15.7. The molecule has 2 aliphatic rings. The SMILES string of the molecule is C1=CCCC(C2(c3ccccc3)c3ccccc3-c3ccc(-c4nc(-c5ccccc5)nc(-n5c6ccccc6c6ccc7c8ccccc8n(-c8cccc(-c9ccccc9)c8)c7c65)n4)cc32)=C1. The Labute approximate surface area is 399 Å². The summed E-state index contributed by atoms with van der Waals surface area (Å²) in [5.41, 5.74) is 16.8. The van der Waals surface area contributed by atoms with Crippen LogP contribution in [0, 0.1) is 0 Å². The van der Waals surface area contributed by atoms with Gasteiger partial charge in [-0.3, -0.25) is 4.57 Å². The highest BCUT2D eigenvalue weighted by Crippen LogP contribution is 2.58. The molecule has 0 bridgehead atoms. The van der Waals surface area contributed by atoms with Gasteiger partial charge in [-0.05, 0) is 82.1 Å². The molecule has 0 fully saturated rings.